The first-order chi connectivity index (χ1) is 9.95. The molecular formula is C17H21NOS2. The quantitative estimate of drug-likeness (QED) is 0.919. The van der Waals surface area contributed by atoms with E-state index in [1.165, 1.54) is 10.5 Å². The Hall–Kier alpha value is -0.840. The van der Waals surface area contributed by atoms with Crippen LogP contribution in [0.25, 0.3) is 0 Å². The summed E-state index contributed by atoms with van der Waals surface area (Å²) >= 11 is 3.51. The molecule has 0 saturated heterocycles. The second kappa shape index (κ2) is 5.75. The number of hydrogen-bond donors (Lipinski definition) is 1. The van der Waals surface area contributed by atoms with E-state index in [2.05, 4.69) is 50.4 Å². The molecule has 0 amide bonds. The van der Waals surface area contributed by atoms with Gasteiger partial charge in [0.25, 0.3) is 0 Å². The molecule has 0 bridgehead atoms. The highest BCUT2D eigenvalue weighted by Gasteiger charge is 2.30. The minimum Gasteiger partial charge on any atom is -0.392 e. The van der Waals surface area contributed by atoms with Crippen molar-refractivity contribution in [3.63, 3.8) is 0 Å². The van der Waals surface area contributed by atoms with Crippen molar-refractivity contribution in [1.29, 1.82) is 0 Å². The Balaban J connectivity index is 1.73. The summed E-state index contributed by atoms with van der Waals surface area (Å²) in [5.74, 6) is 1.20. The summed E-state index contributed by atoms with van der Waals surface area (Å²) < 4.78 is 0. The highest BCUT2D eigenvalue weighted by atomic mass is 32.2. The van der Waals surface area contributed by atoms with E-state index in [9.17, 15) is 5.11 Å². The molecule has 2 aromatic rings. The van der Waals surface area contributed by atoms with Crippen molar-refractivity contribution in [3.8, 4) is 0 Å². The van der Waals surface area contributed by atoms with Gasteiger partial charge in [-0.1, -0.05) is 39.0 Å². The van der Waals surface area contributed by atoms with Crippen molar-refractivity contribution in [3.05, 3.63) is 45.9 Å². The fraction of sp³-hybridized carbons (Fsp3) is 0.471. The number of nitrogens with zero attached hydrogens (tertiary/aromatic N) is 1. The van der Waals surface area contributed by atoms with Gasteiger partial charge in [0.15, 0.2) is 0 Å². The van der Waals surface area contributed by atoms with Gasteiger partial charge in [-0.3, -0.25) is 0 Å². The number of aromatic nitrogens is 1. The average molecular weight is 319 g/mol. The first kappa shape index (κ1) is 15.1. The third-order valence-electron chi connectivity index (χ3n) is 3.91. The van der Waals surface area contributed by atoms with E-state index in [4.69, 9.17) is 4.98 Å². The molecule has 4 heteroatoms. The third-order valence-corrected chi connectivity index (χ3v) is 5.98. The lowest BCUT2D eigenvalue weighted by molar-refractivity contribution is 0.151. The van der Waals surface area contributed by atoms with Crippen molar-refractivity contribution < 1.29 is 5.11 Å². The molecule has 0 radical (unpaired) electrons. The highest BCUT2D eigenvalue weighted by molar-refractivity contribution is 7.99. The number of benzene rings is 1. The fourth-order valence-electron chi connectivity index (χ4n) is 2.58. The maximum atomic E-state index is 10.6. The summed E-state index contributed by atoms with van der Waals surface area (Å²) in [6.45, 7) is 6.52. The van der Waals surface area contributed by atoms with Crippen LogP contribution in [0.3, 0.4) is 0 Å². The monoisotopic (exact) mass is 319 g/mol. The number of hydrogen-bond acceptors (Lipinski definition) is 4. The van der Waals surface area contributed by atoms with E-state index in [0.29, 0.717) is 6.42 Å². The minimum absolute atomic E-state index is 0.0789. The molecule has 0 spiro atoms. The topological polar surface area (TPSA) is 33.1 Å². The van der Waals surface area contributed by atoms with E-state index in [0.717, 1.165) is 16.5 Å². The highest BCUT2D eigenvalue weighted by Crippen LogP contribution is 2.41. The van der Waals surface area contributed by atoms with Gasteiger partial charge in [0.05, 0.1) is 16.8 Å². The largest absolute Gasteiger partial charge is 0.392 e. The van der Waals surface area contributed by atoms with Crippen LogP contribution < -0.4 is 0 Å². The number of thioether (sulfide) groups is 1. The second-order valence-corrected chi connectivity index (χ2v) is 8.61. The van der Waals surface area contributed by atoms with E-state index >= 15 is 0 Å². The lowest BCUT2D eigenvalue weighted by Gasteiger charge is -2.18. The standard InChI is InChI=1S/C17H21NOS2/c1-17(2,3)15-10-21-16(18-15)8-13(19)12-9-20-14-7-5-4-6-11(12)14/h4-7,10,12-13,19H,8-9H2,1-3H3. The number of aliphatic hydroxyl groups is 1. The predicted molar refractivity (Wildman–Crippen MR) is 90.4 cm³/mol. The molecule has 2 unspecified atom stereocenters. The molecular weight excluding hydrogens is 298 g/mol. The Morgan fingerprint density at radius 1 is 1.33 bits per heavy atom. The molecule has 0 aliphatic carbocycles. The van der Waals surface area contributed by atoms with Gasteiger partial charge in [-0.05, 0) is 11.6 Å². The van der Waals surface area contributed by atoms with Crippen LogP contribution >= 0.6 is 23.1 Å². The zero-order chi connectivity index (χ0) is 15.0. The van der Waals surface area contributed by atoms with E-state index in [1.807, 2.05) is 11.8 Å². The van der Waals surface area contributed by atoms with Crippen LogP contribution in [0.4, 0.5) is 0 Å². The Morgan fingerprint density at radius 2 is 2.10 bits per heavy atom. The number of aliphatic hydroxyl groups excluding tert-OH is 1. The normalized spacial score (nSPS) is 19.5. The SMILES string of the molecule is CC(C)(C)c1csc(CC(O)C2CSc3ccccc32)n1. The van der Waals surface area contributed by atoms with Gasteiger partial charge in [0.1, 0.15) is 0 Å². The zero-order valence-corrected chi connectivity index (χ0v) is 14.3. The van der Waals surface area contributed by atoms with Crippen LogP contribution in [0.2, 0.25) is 0 Å². The summed E-state index contributed by atoms with van der Waals surface area (Å²) in [6, 6.07) is 8.42. The number of rotatable bonds is 3. The molecule has 2 nitrogen and oxygen atoms in total. The molecule has 3 rings (SSSR count). The minimum atomic E-state index is -0.347. The summed E-state index contributed by atoms with van der Waals surface area (Å²) in [4.78, 5) is 6.02. The molecule has 2 atom stereocenters. The van der Waals surface area contributed by atoms with Crippen LogP contribution in [0.5, 0.6) is 0 Å². The summed E-state index contributed by atoms with van der Waals surface area (Å²) in [7, 11) is 0. The van der Waals surface area contributed by atoms with Crippen LogP contribution in [0.15, 0.2) is 34.5 Å². The molecule has 21 heavy (non-hydrogen) atoms. The van der Waals surface area contributed by atoms with Crippen LogP contribution in [0, 0.1) is 0 Å². The van der Waals surface area contributed by atoms with E-state index in [1.54, 1.807) is 11.3 Å². The molecule has 1 aliphatic heterocycles. The first-order valence-corrected chi connectivity index (χ1v) is 9.16. The fourth-order valence-corrected chi connectivity index (χ4v) is 4.97. The number of thiazole rings is 1. The molecule has 1 aliphatic rings. The third kappa shape index (κ3) is 3.17. The van der Waals surface area contributed by atoms with Crippen LogP contribution in [0.1, 0.15) is 43.0 Å². The summed E-state index contributed by atoms with van der Waals surface area (Å²) in [5.41, 5.74) is 2.49. The maximum absolute atomic E-state index is 10.6. The van der Waals surface area contributed by atoms with Gasteiger partial charge in [0, 0.05) is 33.8 Å². The zero-order valence-electron chi connectivity index (χ0n) is 12.7. The van der Waals surface area contributed by atoms with Crippen LogP contribution in [-0.2, 0) is 11.8 Å². The van der Waals surface area contributed by atoms with Crippen LogP contribution in [-0.4, -0.2) is 21.9 Å². The predicted octanol–water partition coefficient (Wildman–Crippen LogP) is 4.23. The lowest BCUT2D eigenvalue weighted by atomic mass is 9.93. The van der Waals surface area contributed by atoms with Gasteiger partial charge < -0.3 is 5.11 Å². The van der Waals surface area contributed by atoms with Crippen molar-refractivity contribution >= 4 is 23.1 Å². The van der Waals surface area contributed by atoms with Gasteiger partial charge >= 0.3 is 0 Å². The molecule has 0 saturated carbocycles. The molecule has 2 heterocycles. The number of fused-ring (bicyclic) bond motifs is 1. The van der Waals surface area contributed by atoms with Crippen molar-refractivity contribution in [2.24, 2.45) is 0 Å². The Bertz CT molecular complexity index is 630. The summed E-state index contributed by atoms with van der Waals surface area (Å²) in [5, 5.41) is 13.8. The van der Waals surface area contributed by atoms with Crippen molar-refractivity contribution in [2.45, 2.75) is 49.5 Å². The average Bonchev–Trinajstić information content (AvgIpc) is 3.03. The van der Waals surface area contributed by atoms with E-state index in [-0.39, 0.29) is 17.4 Å². The van der Waals surface area contributed by atoms with Crippen molar-refractivity contribution in [1.82, 2.24) is 4.98 Å². The molecule has 1 aromatic heterocycles. The van der Waals surface area contributed by atoms with Gasteiger partial charge in [-0.25, -0.2) is 4.98 Å². The van der Waals surface area contributed by atoms with Crippen molar-refractivity contribution in [2.75, 3.05) is 5.75 Å². The smallest absolute Gasteiger partial charge is 0.0954 e. The Morgan fingerprint density at radius 3 is 2.81 bits per heavy atom. The lowest BCUT2D eigenvalue weighted by Crippen LogP contribution is -2.21. The van der Waals surface area contributed by atoms with Gasteiger partial charge in [0.2, 0.25) is 0 Å². The molecule has 0 fully saturated rings. The first-order valence-electron chi connectivity index (χ1n) is 7.30. The molecule has 1 N–H and O–H groups in total. The van der Waals surface area contributed by atoms with Gasteiger partial charge in [-0.15, -0.1) is 23.1 Å². The second-order valence-electron chi connectivity index (χ2n) is 6.60. The Kier molecular flexibility index (Phi) is 4.12. The van der Waals surface area contributed by atoms with E-state index < -0.39 is 0 Å². The van der Waals surface area contributed by atoms with Gasteiger partial charge in [-0.2, -0.15) is 0 Å². The maximum Gasteiger partial charge on any atom is 0.0954 e. The molecule has 1 aromatic carbocycles. The molecule has 112 valence electrons. The Labute approximate surface area is 134 Å². The summed E-state index contributed by atoms with van der Waals surface area (Å²) in [6.07, 6.45) is 0.306.